The molecule has 0 unspecified atom stereocenters. The Morgan fingerprint density at radius 3 is 2.78 bits per heavy atom. The molecule has 1 N–H and O–H groups in total. The van der Waals surface area contributed by atoms with E-state index in [1.54, 1.807) is 0 Å². The molecule has 100 valence electrons. The highest BCUT2D eigenvalue weighted by Gasteiger charge is 2.29. The number of hydrogen-bond acceptors (Lipinski definition) is 1. The van der Waals surface area contributed by atoms with E-state index in [0.717, 1.165) is 12.0 Å². The Balaban J connectivity index is 1.62. The number of benzene rings is 1. The fourth-order valence-corrected chi connectivity index (χ4v) is 3.09. The molecule has 0 bridgehead atoms. The average molecular weight is 310 g/mol. The van der Waals surface area contributed by atoms with E-state index in [0.29, 0.717) is 0 Å². The molecular weight excluding hydrogens is 286 g/mol. The zero-order valence-electron chi connectivity index (χ0n) is 11.3. The summed E-state index contributed by atoms with van der Waals surface area (Å²) in [6.45, 7) is 3.47. The lowest BCUT2D eigenvalue weighted by Crippen LogP contribution is -2.40. The highest BCUT2D eigenvalue weighted by Crippen LogP contribution is 2.37. The van der Waals surface area contributed by atoms with Gasteiger partial charge >= 0.3 is 0 Å². The zero-order chi connectivity index (χ0) is 12.8. The Morgan fingerprint density at radius 1 is 1.22 bits per heavy atom. The van der Waals surface area contributed by atoms with Crippen LogP contribution >= 0.6 is 15.9 Å². The van der Waals surface area contributed by atoms with E-state index in [4.69, 9.17) is 0 Å². The second kappa shape index (κ2) is 7.30. The first-order valence-electron chi connectivity index (χ1n) is 7.28. The van der Waals surface area contributed by atoms with Crippen LogP contribution in [0, 0.1) is 0 Å². The van der Waals surface area contributed by atoms with Gasteiger partial charge < -0.3 is 5.32 Å². The minimum Gasteiger partial charge on any atom is -0.314 e. The van der Waals surface area contributed by atoms with Crippen LogP contribution in [0.5, 0.6) is 0 Å². The standard InChI is InChI=1S/C16H24BrN/c1-2-3-4-5-9-18-16-11-14(12-16)13-7-6-8-15(17)10-13/h6-8,10,14,16,18H,2-5,9,11-12H2,1H3. The van der Waals surface area contributed by atoms with Crippen molar-refractivity contribution in [3.05, 3.63) is 34.3 Å². The van der Waals surface area contributed by atoms with Gasteiger partial charge in [0.15, 0.2) is 0 Å². The Hall–Kier alpha value is -0.340. The molecule has 2 rings (SSSR count). The van der Waals surface area contributed by atoms with Gasteiger partial charge in [-0.05, 0) is 49.4 Å². The fraction of sp³-hybridized carbons (Fsp3) is 0.625. The van der Waals surface area contributed by atoms with Crippen LogP contribution in [0.4, 0.5) is 0 Å². The van der Waals surface area contributed by atoms with Crippen LogP contribution < -0.4 is 5.32 Å². The first kappa shape index (κ1) is 14.1. The highest BCUT2D eigenvalue weighted by molar-refractivity contribution is 9.10. The molecule has 2 heteroatoms. The summed E-state index contributed by atoms with van der Waals surface area (Å²) in [5, 5.41) is 3.68. The summed E-state index contributed by atoms with van der Waals surface area (Å²) in [6.07, 6.45) is 8.05. The number of hydrogen-bond donors (Lipinski definition) is 1. The van der Waals surface area contributed by atoms with Gasteiger partial charge in [-0.15, -0.1) is 0 Å². The van der Waals surface area contributed by atoms with Gasteiger partial charge in [-0.25, -0.2) is 0 Å². The Kier molecular flexibility index (Phi) is 5.71. The van der Waals surface area contributed by atoms with Crippen molar-refractivity contribution in [3.63, 3.8) is 0 Å². The van der Waals surface area contributed by atoms with Gasteiger partial charge in [-0.2, -0.15) is 0 Å². The maximum Gasteiger partial charge on any atom is 0.0178 e. The number of halogens is 1. The van der Waals surface area contributed by atoms with E-state index in [1.165, 1.54) is 55.1 Å². The van der Waals surface area contributed by atoms with Crippen LogP contribution in [0.2, 0.25) is 0 Å². The van der Waals surface area contributed by atoms with Crippen LogP contribution in [0.3, 0.4) is 0 Å². The van der Waals surface area contributed by atoms with Gasteiger partial charge in [0.1, 0.15) is 0 Å². The average Bonchev–Trinajstić information content (AvgIpc) is 2.31. The largest absolute Gasteiger partial charge is 0.314 e. The molecule has 1 saturated carbocycles. The maximum atomic E-state index is 3.68. The molecular formula is C16H24BrN. The summed E-state index contributed by atoms with van der Waals surface area (Å²) in [6, 6.07) is 9.53. The molecule has 0 atom stereocenters. The molecule has 0 aliphatic heterocycles. The van der Waals surface area contributed by atoms with Crippen LogP contribution in [0.15, 0.2) is 28.7 Å². The maximum absolute atomic E-state index is 3.68. The van der Waals surface area contributed by atoms with E-state index in [9.17, 15) is 0 Å². The third kappa shape index (κ3) is 4.10. The molecule has 0 radical (unpaired) electrons. The van der Waals surface area contributed by atoms with Gasteiger partial charge in [0.2, 0.25) is 0 Å². The van der Waals surface area contributed by atoms with Gasteiger partial charge in [0.25, 0.3) is 0 Å². The van der Waals surface area contributed by atoms with E-state index in [1.807, 2.05) is 0 Å². The van der Waals surface area contributed by atoms with E-state index in [2.05, 4.69) is 52.4 Å². The molecule has 0 aromatic heterocycles. The Morgan fingerprint density at radius 2 is 2.06 bits per heavy atom. The van der Waals surface area contributed by atoms with Crippen molar-refractivity contribution >= 4 is 15.9 Å². The van der Waals surface area contributed by atoms with Crippen molar-refractivity contribution in [1.82, 2.24) is 5.32 Å². The minimum atomic E-state index is 0.760. The normalized spacial score (nSPS) is 22.8. The molecule has 0 amide bonds. The van der Waals surface area contributed by atoms with E-state index < -0.39 is 0 Å². The summed E-state index contributed by atoms with van der Waals surface area (Å²) < 4.78 is 1.20. The highest BCUT2D eigenvalue weighted by atomic mass is 79.9. The van der Waals surface area contributed by atoms with Crippen LogP contribution in [-0.4, -0.2) is 12.6 Å². The van der Waals surface area contributed by atoms with Crippen LogP contribution in [0.1, 0.15) is 56.9 Å². The summed E-state index contributed by atoms with van der Waals surface area (Å²) in [5.74, 6) is 0.774. The Labute approximate surface area is 119 Å². The van der Waals surface area contributed by atoms with Crippen molar-refractivity contribution in [2.24, 2.45) is 0 Å². The lowest BCUT2D eigenvalue weighted by atomic mass is 9.76. The first-order valence-corrected chi connectivity index (χ1v) is 8.07. The lowest BCUT2D eigenvalue weighted by molar-refractivity contribution is 0.289. The predicted molar refractivity (Wildman–Crippen MR) is 82.0 cm³/mol. The fourth-order valence-electron chi connectivity index (χ4n) is 2.68. The number of rotatable bonds is 7. The van der Waals surface area contributed by atoms with Crippen molar-refractivity contribution in [1.29, 1.82) is 0 Å². The van der Waals surface area contributed by atoms with Crippen molar-refractivity contribution in [3.8, 4) is 0 Å². The van der Waals surface area contributed by atoms with Gasteiger partial charge in [0.05, 0.1) is 0 Å². The molecule has 1 aliphatic carbocycles. The second-order valence-electron chi connectivity index (χ2n) is 5.44. The first-order chi connectivity index (χ1) is 8.79. The van der Waals surface area contributed by atoms with Crippen molar-refractivity contribution in [2.75, 3.05) is 6.54 Å². The summed E-state index contributed by atoms with van der Waals surface area (Å²) in [7, 11) is 0. The summed E-state index contributed by atoms with van der Waals surface area (Å²) in [4.78, 5) is 0. The van der Waals surface area contributed by atoms with E-state index >= 15 is 0 Å². The monoisotopic (exact) mass is 309 g/mol. The van der Waals surface area contributed by atoms with Crippen molar-refractivity contribution in [2.45, 2.75) is 57.4 Å². The molecule has 0 spiro atoms. The van der Waals surface area contributed by atoms with E-state index in [-0.39, 0.29) is 0 Å². The van der Waals surface area contributed by atoms with Gasteiger partial charge in [-0.1, -0.05) is 54.2 Å². The van der Waals surface area contributed by atoms with Crippen molar-refractivity contribution < 1.29 is 0 Å². The third-order valence-electron chi connectivity index (χ3n) is 3.92. The smallest absolute Gasteiger partial charge is 0.0178 e. The molecule has 0 heterocycles. The zero-order valence-corrected chi connectivity index (χ0v) is 12.9. The molecule has 1 aliphatic rings. The molecule has 1 aromatic rings. The molecule has 1 fully saturated rings. The second-order valence-corrected chi connectivity index (χ2v) is 6.35. The molecule has 1 nitrogen and oxygen atoms in total. The summed E-state index contributed by atoms with van der Waals surface area (Å²) in [5.41, 5.74) is 1.49. The minimum absolute atomic E-state index is 0.760. The number of unbranched alkanes of at least 4 members (excludes halogenated alkanes) is 3. The topological polar surface area (TPSA) is 12.0 Å². The predicted octanol–water partition coefficient (Wildman–Crippen LogP) is 4.87. The molecule has 18 heavy (non-hydrogen) atoms. The molecule has 0 saturated heterocycles. The Bertz CT molecular complexity index is 358. The van der Waals surface area contributed by atoms with Gasteiger partial charge in [0, 0.05) is 10.5 Å². The SMILES string of the molecule is CCCCCCNC1CC(c2cccc(Br)c2)C1. The van der Waals surface area contributed by atoms with Gasteiger partial charge in [-0.3, -0.25) is 0 Å². The lowest BCUT2D eigenvalue weighted by Gasteiger charge is -2.36. The van der Waals surface area contributed by atoms with Crippen LogP contribution in [0.25, 0.3) is 0 Å². The van der Waals surface area contributed by atoms with Crippen LogP contribution in [-0.2, 0) is 0 Å². The third-order valence-corrected chi connectivity index (χ3v) is 4.41. The quantitative estimate of drug-likeness (QED) is 0.709. The molecule has 1 aromatic carbocycles. The summed E-state index contributed by atoms with van der Waals surface area (Å²) >= 11 is 3.55. The number of nitrogens with one attached hydrogen (secondary N) is 1.